The van der Waals surface area contributed by atoms with E-state index in [0.717, 1.165) is 17.7 Å². The fraction of sp³-hybridized carbons (Fsp3) is 0.375. The molecule has 1 N–H and O–H groups in total. The molecule has 1 aromatic heterocycles. The van der Waals surface area contributed by atoms with Crippen LogP contribution in [0, 0.1) is 0 Å². The van der Waals surface area contributed by atoms with E-state index in [1.807, 2.05) is 24.8 Å². The summed E-state index contributed by atoms with van der Waals surface area (Å²) in [6.45, 7) is 6.39. The summed E-state index contributed by atoms with van der Waals surface area (Å²) in [4.78, 5) is 20.9. The Morgan fingerprint density at radius 1 is 1.12 bits per heavy atom. The van der Waals surface area contributed by atoms with Gasteiger partial charge in [0.05, 0.1) is 17.7 Å². The number of amides is 1. The number of aromatic nitrogens is 2. The Labute approximate surface area is 194 Å². The second-order valence-corrected chi connectivity index (χ2v) is 8.59. The highest BCUT2D eigenvalue weighted by Crippen LogP contribution is 2.31. The van der Waals surface area contributed by atoms with Crippen molar-refractivity contribution in [2.24, 2.45) is 0 Å². The molecule has 0 unspecified atom stereocenters. The molecule has 10 heteroatoms. The maximum atomic E-state index is 13.0. The number of carbonyl (C=O) groups is 1. The molecule has 1 fully saturated rings. The van der Waals surface area contributed by atoms with Crippen LogP contribution in [0.15, 0.2) is 47.0 Å². The predicted molar refractivity (Wildman–Crippen MR) is 118 cm³/mol. The standard InChI is InChI=1S/C24H25F3N4O3/c1-15(2)16-6-7-20(32)19(13-16)23(33)31-10-8-30(9-11-31)14-21-28-22(29-34-21)17-4-3-5-18(12-17)24(25,26)27/h3-7,12-13,15,32H,8-11,14H2,1-2H3. The number of rotatable bonds is 5. The van der Waals surface area contributed by atoms with Crippen molar-refractivity contribution in [3.63, 3.8) is 0 Å². The summed E-state index contributed by atoms with van der Waals surface area (Å²) in [7, 11) is 0. The summed E-state index contributed by atoms with van der Waals surface area (Å²) in [5.74, 6) is 0.359. The van der Waals surface area contributed by atoms with Crippen LogP contribution in [0.3, 0.4) is 0 Å². The van der Waals surface area contributed by atoms with Crippen molar-refractivity contribution >= 4 is 5.91 Å². The van der Waals surface area contributed by atoms with Gasteiger partial charge in [-0.1, -0.05) is 37.2 Å². The first-order valence-electron chi connectivity index (χ1n) is 11.0. The molecule has 1 aliphatic rings. The second kappa shape index (κ2) is 9.46. The molecule has 0 aliphatic carbocycles. The molecule has 7 nitrogen and oxygen atoms in total. The highest BCUT2D eigenvalue weighted by molar-refractivity contribution is 5.97. The van der Waals surface area contributed by atoms with Gasteiger partial charge in [-0.3, -0.25) is 9.69 Å². The fourth-order valence-corrected chi connectivity index (χ4v) is 3.83. The second-order valence-electron chi connectivity index (χ2n) is 8.59. The van der Waals surface area contributed by atoms with Crippen molar-refractivity contribution in [3.8, 4) is 17.1 Å². The van der Waals surface area contributed by atoms with Crippen LogP contribution < -0.4 is 0 Å². The van der Waals surface area contributed by atoms with E-state index < -0.39 is 11.7 Å². The van der Waals surface area contributed by atoms with Crippen molar-refractivity contribution < 1.29 is 27.6 Å². The van der Waals surface area contributed by atoms with E-state index in [9.17, 15) is 23.1 Å². The fourth-order valence-electron chi connectivity index (χ4n) is 3.83. The molecule has 34 heavy (non-hydrogen) atoms. The van der Waals surface area contributed by atoms with Crippen LogP contribution >= 0.6 is 0 Å². The van der Waals surface area contributed by atoms with Gasteiger partial charge < -0.3 is 14.5 Å². The normalized spacial score (nSPS) is 15.2. The molecule has 180 valence electrons. The average Bonchev–Trinajstić information content (AvgIpc) is 3.27. The molecule has 1 amide bonds. The molecule has 2 aromatic carbocycles. The lowest BCUT2D eigenvalue weighted by atomic mass is 9.99. The molecule has 0 saturated carbocycles. The third-order valence-electron chi connectivity index (χ3n) is 5.85. The zero-order chi connectivity index (χ0) is 24.5. The average molecular weight is 474 g/mol. The van der Waals surface area contributed by atoms with Crippen LogP contribution in [0.25, 0.3) is 11.4 Å². The third-order valence-corrected chi connectivity index (χ3v) is 5.85. The number of phenolic OH excluding ortho intramolecular Hbond substituents is 1. The molecule has 0 atom stereocenters. The number of phenols is 1. The van der Waals surface area contributed by atoms with Crippen LogP contribution in [0.5, 0.6) is 5.75 Å². The maximum Gasteiger partial charge on any atom is 0.416 e. The summed E-state index contributed by atoms with van der Waals surface area (Å²) in [5.41, 5.74) is 0.723. The zero-order valence-corrected chi connectivity index (χ0v) is 18.8. The van der Waals surface area contributed by atoms with Crippen molar-refractivity contribution in [2.75, 3.05) is 26.2 Å². The molecule has 2 heterocycles. The largest absolute Gasteiger partial charge is 0.507 e. The van der Waals surface area contributed by atoms with Crippen LogP contribution in [0.4, 0.5) is 13.2 Å². The van der Waals surface area contributed by atoms with Gasteiger partial charge >= 0.3 is 6.18 Å². The van der Waals surface area contributed by atoms with Gasteiger partial charge in [-0.25, -0.2) is 0 Å². The Hall–Kier alpha value is -3.40. The maximum absolute atomic E-state index is 13.0. The monoisotopic (exact) mass is 474 g/mol. The Bertz CT molecular complexity index is 1170. The van der Waals surface area contributed by atoms with E-state index in [1.165, 1.54) is 12.1 Å². The molecule has 4 rings (SSSR count). The Balaban J connectivity index is 1.37. The highest BCUT2D eigenvalue weighted by Gasteiger charge is 2.31. The lowest BCUT2D eigenvalue weighted by Crippen LogP contribution is -2.48. The summed E-state index contributed by atoms with van der Waals surface area (Å²) in [6, 6.07) is 9.88. The van der Waals surface area contributed by atoms with Gasteiger partial charge in [0.2, 0.25) is 11.7 Å². The predicted octanol–water partition coefficient (Wildman–Crippen LogP) is 4.54. The van der Waals surface area contributed by atoms with E-state index in [-0.39, 0.29) is 34.9 Å². The number of hydrogen-bond acceptors (Lipinski definition) is 6. The minimum Gasteiger partial charge on any atom is -0.507 e. The van der Waals surface area contributed by atoms with Crippen molar-refractivity contribution in [3.05, 3.63) is 65.0 Å². The van der Waals surface area contributed by atoms with Crippen LogP contribution in [0.1, 0.15) is 47.1 Å². The topological polar surface area (TPSA) is 82.7 Å². The molecular formula is C24H25F3N4O3. The van der Waals surface area contributed by atoms with Crippen molar-refractivity contribution in [2.45, 2.75) is 32.5 Å². The van der Waals surface area contributed by atoms with Crippen LogP contribution in [-0.2, 0) is 12.7 Å². The van der Waals surface area contributed by atoms with Gasteiger partial charge in [0.25, 0.3) is 5.91 Å². The first-order valence-corrected chi connectivity index (χ1v) is 11.0. The van der Waals surface area contributed by atoms with Gasteiger partial charge in [0.1, 0.15) is 5.75 Å². The third kappa shape index (κ3) is 5.22. The van der Waals surface area contributed by atoms with Crippen LogP contribution in [-0.4, -0.2) is 57.1 Å². The lowest BCUT2D eigenvalue weighted by Gasteiger charge is -2.34. The van der Waals surface area contributed by atoms with Crippen molar-refractivity contribution in [1.82, 2.24) is 19.9 Å². The van der Waals surface area contributed by atoms with Gasteiger partial charge in [0, 0.05) is 31.7 Å². The number of halogens is 3. The van der Waals surface area contributed by atoms with Gasteiger partial charge in [-0.15, -0.1) is 0 Å². The van der Waals surface area contributed by atoms with Gasteiger partial charge in [-0.05, 0) is 35.7 Å². The molecule has 3 aromatic rings. The van der Waals surface area contributed by atoms with E-state index in [4.69, 9.17) is 4.52 Å². The number of hydrogen-bond donors (Lipinski definition) is 1. The Kier molecular flexibility index (Phi) is 6.60. The summed E-state index contributed by atoms with van der Waals surface area (Å²) in [5, 5.41) is 14.0. The minimum atomic E-state index is -4.45. The van der Waals surface area contributed by atoms with Gasteiger partial charge in [0.15, 0.2) is 0 Å². The quantitative estimate of drug-likeness (QED) is 0.585. The Morgan fingerprint density at radius 3 is 2.53 bits per heavy atom. The van der Waals surface area contributed by atoms with Gasteiger partial charge in [-0.2, -0.15) is 18.2 Å². The molecule has 0 bridgehead atoms. The SMILES string of the molecule is CC(C)c1ccc(O)c(C(=O)N2CCN(Cc3nc(-c4cccc(C(F)(F)F)c4)no3)CC2)c1. The number of nitrogens with zero attached hydrogens (tertiary/aromatic N) is 4. The molecule has 1 saturated heterocycles. The summed E-state index contributed by atoms with van der Waals surface area (Å²) >= 11 is 0. The first kappa shape index (κ1) is 23.7. The number of aromatic hydroxyl groups is 1. The van der Waals surface area contributed by atoms with E-state index in [0.29, 0.717) is 38.3 Å². The Morgan fingerprint density at radius 2 is 1.85 bits per heavy atom. The lowest BCUT2D eigenvalue weighted by molar-refractivity contribution is -0.137. The summed E-state index contributed by atoms with van der Waals surface area (Å²) in [6.07, 6.45) is -4.45. The number of alkyl halides is 3. The minimum absolute atomic E-state index is 0.0372. The number of piperazine rings is 1. The summed E-state index contributed by atoms with van der Waals surface area (Å²) < 4.78 is 44.1. The molecular weight excluding hydrogens is 449 g/mol. The van der Waals surface area contributed by atoms with E-state index >= 15 is 0 Å². The number of benzene rings is 2. The first-order chi connectivity index (χ1) is 16.1. The number of carbonyl (C=O) groups excluding carboxylic acids is 1. The van der Waals surface area contributed by atoms with Crippen LogP contribution in [0.2, 0.25) is 0 Å². The smallest absolute Gasteiger partial charge is 0.416 e. The zero-order valence-electron chi connectivity index (χ0n) is 18.8. The molecule has 1 aliphatic heterocycles. The van der Waals surface area contributed by atoms with Crippen molar-refractivity contribution in [1.29, 1.82) is 0 Å². The molecule has 0 spiro atoms. The molecule has 0 radical (unpaired) electrons. The van der Waals surface area contributed by atoms with E-state index in [1.54, 1.807) is 17.0 Å². The van der Waals surface area contributed by atoms with E-state index in [2.05, 4.69) is 10.1 Å². The highest BCUT2D eigenvalue weighted by atomic mass is 19.4.